The minimum Gasteiger partial charge on any atom is -0.301 e. The molecule has 1 aliphatic carbocycles. The fourth-order valence-electron chi connectivity index (χ4n) is 2.77. The number of halogens is 1. The standard InChI is InChI=1S/C16H22ClNO/c1-18(11-13-7-9-15(17)10-8-13)12-14-5-3-2-4-6-16(14)19/h7-10,14H,2-6,11-12H2,1H3. The molecular formula is C16H22ClNO. The Bertz CT molecular complexity index is 415. The monoisotopic (exact) mass is 279 g/mol. The molecule has 0 spiro atoms. The van der Waals surface area contributed by atoms with Gasteiger partial charge in [0.15, 0.2) is 0 Å². The maximum Gasteiger partial charge on any atom is 0.137 e. The molecule has 0 bridgehead atoms. The average Bonchev–Trinajstić information content (AvgIpc) is 2.58. The van der Waals surface area contributed by atoms with Gasteiger partial charge >= 0.3 is 0 Å². The van der Waals surface area contributed by atoms with E-state index in [0.717, 1.165) is 37.4 Å². The zero-order chi connectivity index (χ0) is 13.7. The quantitative estimate of drug-likeness (QED) is 0.779. The van der Waals surface area contributed by atoms with Crippen molar-refractivity contribution in [3.63, 3.8) is 0 Å². The zero-order valence-corrected chi connectivity index (χ0v) is 12.3. The average molecular weight is 280 g/mol. The van der Waals surface area contributed by atoms with Gasteiger partial charge in [-0.1, -0.05) is 36.6 Å². The summed E-state index contributed by atoms with van der Waals surface area (Å²) in [5.74, 6) is 0.695. The van der Waals surface area contributed by atoms with Gasteiger partial charge in [0, 0.05) is 30.5 Å². The normalized spacial score (nSPS) is 20.6. The van der Waals surface area contributed by atoms with Crippen LogP contribution in [-0.4, -0.2) is 24.3 Å². The second-order valence-corrected chi connectivity index (χ2v) is 6.02. The van der Waals surface area contributed by atoms with Crippen molar-refractivity contribution in [1.82, 2.24) is 4.90 Å². The molecule has 0 N–H and O–H groups in total. The number of nitrogens with zero attached hydrogens (tertiary/aromatic N) is 1. The van der Waals surface area contributed by atoms with E-state index >= 15 is 0 Å². The second-order valence-electron chi connectivity index (χ2n) is 5.59. The molecule has 1 fully saturated rings. The second kappa shape index (κ2) is 7.06. The molecule has 0 aliphatic heterocycles. The number of ketones is 1. The van der Waals surface area contributed by atoms with Crippen molar-refractivity contribution in [2.45, 2.75) is 38.6 Å². The van der Waals surface area contributed by atoms with Gasteiger partial charge in [-0.15, -0.1) is 0 Å². The first-order chi connectivity index (χ1) is 9.15. The lowest BCUT2D eigenvalue weighted by atomic mass is 9.98. The third kappa shape index (κ3) is 4.63. The van der Waals surface area contributed by atoms with E-state index in [4.69, 9.17) is 11.6 Å². The molecule has 0 heterocycles. The number of Topliss-reactive ketones (excluding diaryl/α,β-unsaturated/α-hetero) is 1. The summed E-state index contributed by atoms with van der Waals surface area (Å²) in [4.78, 5) is 14.2. The summed E-state index contributed by atoms with van der Waals surface area (Å²) in [6.07, 6.45) is 5.33. The molecule has 3 heteroatoms. The molecule has 1 aromatic rings. The summed E-state index contributed by atoms with van der Waals surface area (Å²) < 4.78 is 0. The molecule has 19 heavy (non-hydrogen) atoms. The van der Waals surface area contributed by atoms with Gasteiger partial charge in [0.25, 0.3) is 0 Å². The number of rotatable bonds is 4. The first kappa shape index (κ1) is 14.5. The molecule has 1 atom stereocenters. The van der Waals surface area contributed by atoms with E-state index in [-0.39, 0.29) is 5.92 Å². The zero-order valence-electron chi connectivity index (χ0n) is 11.6. The van der Waals surface area contributed by atoms with Crippen molar-refractivity contribution in [2.75, 3.05) is 13.6 Å². The highest BCUT2D eigenvalue weighted by atomic mass is 35.5. The number of hydrogen-bond acceptors (Lipinski definition) is 2. The molecule has 1 aliphatic rings. The van der Waals surface area contributed by atoms with Crippen LogP contribution in [0.1, 0.15) is 37.7 Å². The van der Waals surface area contributed by atoms with Gasteiger partial charge in [-0.2, -0.15) is 0 Å². The summed E-state index contributed by atoms with van der Waals surface area (Å²) in [6.45, 7) is 1.75. The van der Waals surface area contributed by atoms with Crippen molar-refractivity contribution >= 4 is 17.4 Å². The van der Waals surface area contributed by atoms with E-state index in [1.165, 1.54) is 18.4 Å². The van der Waals surface area contributed by atoms with Crippen LogP contribution >= 0.6 is 11.6 Å². The SMILES string of the molecule is CN(Cc1ccc(Cl)cc1)CC1CCCCCC1=O. The molecule has 2 nitrogen and oxygen atoms in total. The van der Waals surface area contributed by atoms with Crippen molar-refractivity contribution in [3.05, 3.63) is 34.9 Å². The van der Waals surface area contributed by atoms with Gasteiger partial charge in [0.2, 0.25) is 0 Å². The Kier molecular flexibility index (Phi) is 5.41. The minimum absolute atomic E-state index is 0.236. The van der Waals surface area contributed by atoms with E-state index in [1.807, 2.05) is 24.3 Å². The molecule has 1 saturated carbocycles. The van der Waals surface area contributed by atoms with E-state index in [9.17, 15) is 4.79 Å². The molecular weight excluding hydrogens is 258 g/mol. The Morgan fingerprint density at radius 2 is 1.95 bits per heavy atom. The first-order valence-electron chi connectivity index (χ1n) is 7.11. The van der Waals surface area contributed by atoms with Crippen molar-refractivity contribution < 1.29 is 4.79 Å². The molecule has 0 saturated heterocycles. The Balaban J connectivity index is 1.87. The third-order valence-corrected chi connectivity index (χ3v) is 4.08. The van der Waals surface area contributed by atoms with Crippen LogP contribution in [0.25, 0.3) is 0 Å². The molecule has 0 aromatic heterocycles. The van der Waals surface area contributed by atoms with E-state index in [2.05, 4.69) is 11.9 Å². The van der Waals surface area contributed by atoms with Crippen LogP contribution in [0.5, 0.6) is 0 Å². The Labute approximate surface area is 120 Å². The van der Waals surface area contributed by atoms with Gasteiger partial charge < -0.3 is 4.90 Å². The van der Waals surface area contributed by atoms with Crippen LogP contribution in [0.15, 0.2) is 24.3 Å². The highest BCUT2D eigenvalue weighted by Gasteiger charge is 2.21. The van der Waals surface area contributed by atoms with E-state index in [1.54, 1.807) is 0 Å². The van der Waals surface area contributed by atoms with Gasteiger partial charge in [0.05, 0.1) is 0 Å². The highest BCUT2D eigenvalue weighted by molar-refractivity contribution is 6.30. The predicted octanol–water partition coefficient (Wildman–Crippen LogP) is 3.92. The largest absolute Gasteiger partial charge is 0.301 e. The lowest BCUT2D eigenvalue weighted by molar-refractivity contribution is -0.123. The summed E-state index contributed by atoms with van der Waals surface area (Å²) in [7, 11) is 2.09. The van der Waals surface area contributed by atoms with E-state index < -0.39 is 0 Å². The molecule has 1 unspecified atom stereocenters. The van der Waals surface area contributed by atoms with Crippen LogP contribution in [0.3, 0.4) is 0 Å². The Morgan fingerprint density at radius 1 is 1.21 bits per heavy atom. The van der Waals surface area contributed by atoms with Crippen LogP contribution in [0, 0.1) is 5.92 Å². The maximum atomic E-state index is 12.0. The van der Waals surface area contributed by atoms with Crippen molar-refractivity contribution in [3.8, 4) is 0 Å². The third-order valence-electron chi connectivity index (χ3n) is 3.83. The number of benzene rings is 1. The first-order valence-corrected chi connectivity index (χ1v) is 7.48. The lowest BCUT2D eigenvalue weighted by Gasteiger charge is -2.22. The summed E-state index contributed by atoms with van der Waals surface area (Å²) in [6, 6.07) is 7.94. The van der Waals surface area contributed by atoms with Crippen molar-refractivity contribution in [1.29, 1.82) is 0 Å². The molecule has 104 valence electrons. The molecule has 0 radical (unpaired) electrons. The fourth-order valence-corrected chi connectivity index (χ4v) is 2.89. The summed E-state index contributed by atoms with van der Waals surface area (Å²) >= 11 is 5.88. The molecule has 0 amide bonds. The van der Waals surface area contributed by atoms with Gasteiger partial charge in [-0.3, -0.25) is 4.79 Å². The van der Waals surface area contributed by atoms with Crippen LogP contribution in [0.4, 0.5) is 0 Å². The topological polar surface area (TPSA) is 20.3 Å². The number of hydrogen-bond donors (Lipinski definition) is 0. The minimum atomic E-state index is 0.236. The number of carbonyl (C=O) groups excluding carboxylic acids is 1. The smallest absolute Gasteiger partial charge is 0.137 e. The van der Waals surface area contributed by atoms with E-state index in [0.29, 0.717) is 5.78 Å². The molecule has 2 rings (SSSR count). The summed E-state index contributed by atoms with van der Waals surface area (Å²) in [5.41, 5.74) is 1.24. The Morgan fingerprint density at radius 3 is 2.68 bits per heavy atom. The van der Waals surface area contributed by atoms with Crippen LogP contribution in [-0.2, 0) is 11.3 Å². The van der Waals surface area contributed by atoms with Crippen LogP contribution in [0.2, 0.25) is 5.02 Å². The highest BCUT2D eigenvalue weighted by Crippen LogP contribution is 2.21. The van der Waals surface area contributed by atoms with Gasteiger partial charge in [-0.25, -0.2) is 0 Å². The van der Waals surface area contributed by atoms with Crippen LogP contribution < -0.4 is 0 Å². The predicted molar refractivity (Wildman–Crippen MR) is 79.4 cm³/mol. The lowest BCUT2D eigenvalue weighted by Crippen LogP contribution is -2.29. The van der Waals surface area contributed by atoms with Gasteiger partial charge in [-0.05, 0) is 37.6 Å². The Hall–Kier alpha value is -0.860. The van der Waals surface area contributed by atoms with Crippen molar-refractivity contribution in [2.24, 2.45) is 5.92 Å². The van der Waals surface area contributed by atoms with Gasteiger partial charge in [0.1, 0.15) is 5.78 Å². The number of carbonyl (C=O) groups is 1. The maximum absolute atomic E-state index is 12.0. The fraction of sp³-hybridized carbons (Fsp3) is 0.562. The molecule has 1 aromatic carbocycles. The summed E-state index contributed by atoms with van der Waals surface area (Å²) in [5, 5.41) is 0.769.